The summed E-state index contributed by atoms with van der Waals surface area (Å²) in [7, 11) is 0. The van der Waals surface area contributed by atoms with Gasteiger partial charge in [0.1, 0.15) is 6.33 Å². The first-order valence-corrected chi connectivity index (χ1v) is 7.76. The van der Waals surface area contributed by atoms with Crippen LogP contribution < -0.4 is 5.32 Å². The van der Waals surface area contributed by atoms with Crippen molar-refractivity contribution in [2.24, 2.45) is 0 Å². The van der Waals surface area contributed by atoms with Crippen molar-refractivity contribution in [1.29, 1.82) is 0 Å². The molecule has 3 rings (SSSR count). The van der Waals surface area contributed by atoms with Crippen LogP contribution in [0.4, 0.5) is 10.5 Å². The lowest BCUT2D eigenvalue weighted by molar-refractivity contribution is 0.132. The molecule has 3 N–H and O–H groups in total. The zero-order valence-electron chi connectivity index (χ0n) is 12.8. The molecule has 1 amide bonds. The Bertz CT molecular complexity index is 699. The van der Waals surface area contributed by atoms with E-state index in [1.165, 1.54) is 4.90 Å². The topological polar surface area (TPSA) is 98.6 Å². The molecule has 2 aromatic rings. The van der Waals surface area contributed by atoms with Crippen molar-refractivity contribution >= 4 is 22.7 Å². The van der Waals surface area contributed by atoms with Gasteiger partial charge in [-0.15, -0.1) is 0 Å². The number of piperidine rings is 1. The molecule has 1 aliphatic rings. The van der Waals surface area contributed by atoms with E-state index in [9.17, 15) is 4.79 Å². The summed E-state index contributed by atoms with van der Waals surface area (Å²) in [6.07, 6.45) is 2.28. The molecule has 7 nitrogen and oxygen atoms in total. The molecule has 1 aliphatic heterocycles. The van der Waals surface area contributed by atoms with Gasteiger partial charge < -0.3 is 20.4 Å². The molecular formula is C16H20N4O3. The number of aliphatic hydroxyl groups excluding tert-OH is 1. The maximum atomic E-state index is 11.0. The van der Waals surface area contributed by atoms with Crippen molar-refractivity contribution in [3.05, 3.63) is 30.2 Å². The minimum Gasteiger partial charge on any atom is -0.465 e. The van der Waals surface area contributed by atoms with Gasteiger partial charge in [-0.25, -0.2) is 14.8 Å². The van der Waals surface area contributed by atoms with Crippen LogP contribution in [-0.4, -0.2) is 57.4 Å². The van der Waals surface area contributed by atoms with Crippen LogP contribution in [0.5, 0.6) is 0 Å². The summed E-state index contributed by atoms with van der Waals surface area (Å²) in [6.45, 7) is 1.66. The number of nitrogens with zero attached hydrogens (tertiary/aromatic N) is 3. The third kappa shape index (κ3) is 3.34. The van der Waals surface area contributed by atoms with Crippen LogP contribution in [-0.2, 0) is 0 Å². The third-order valence-electron chi connectivity index (χ3n) is 4.26. The fourth-order valence-electron chi connectivity index (χ4n) is 3.06. The summed E-state index contributed by atoms with van der Waals surface area (Å²) in [5.41, 5.74) is 2.77. The van der Waals surface area contributed by atoms with Crippen molar-refractivity contribution < 1.29 is 15.0 Å². The Hall–Kier alpha value is -2.41. The highest BCUT2D eigenvalue weighted by atomic mass is 16.4. The van der Waals surface area contributed by atoms with Crippen LogP contribution in [0.2, 0.25) is 0 Å². The van der Waals surface area contributed by atoms with Gasteiger partial charge in [0.15, 0.2) is 0 Å². The standard InChI is InChI=1S/C16H20N4O3/c21-8-5-17-12-1-2-13-14(9-12)18-10-19-15(13)11-3-6-20(7-4-11)16(22)23/h1-2,9-11,17,21H,3-8H2,(H,22,23). The average Bonchev–Trinajstić information content (AvgIpc) is 2.59. The van der Waals surface area contributed by atoms with E-state index in [4.69, 9.17) is 10.2 Å². The first kappa shape index (κ1) is 15.5. The maximum Gasteiger partial charge on any atom is 0.407 e. The number of fused-ring (bicyclic) bond motifs is 1. The first-order chi connectivity index (χ1) is 11.2. The number of amides is 1. The molecule has 122 valence electrons. The van der Waals surface area contributed by atoms with Crippen molar-refractivity contribution in [1.82, 2.24) is 14.9 Å². The summed E-state index contributed by atoms with van der Waals surface area (Å²) in [6, 6.07) is 5.90. The average molecular weight is 316 g/mol. The number of rotatable bonds is 4. The Balaban J connectivity index is 1.83. The van der Waals surface area contributed by atoms with Crippen LogP contribution in [0.3, 0.4) is 0 Å². The number of likely N-dealkylation sites (tertiary alicyclic amines) is 1. The van der Waals surface area contributed by atoms with Gasteiger partial charge in [-0.1, -0.05) is 0 Å². The SMILES string of the molecule is O=C(O)N1CCC(c2ncnc3cc(NCCO)ccc23)CC1. The van der Waals surface area contributed by atoms with E-state index in [1.54, 1.807) is 6.33 Å². The molecule has 0 aliphatic carbocycles. The number of carboxylic acid groups (broad SMARTS) is 1. The molecule has 1 saturated heterocycles. The highest BCUT2D eigenvalue weighted by Crippen LogP contribution is 2.31. The summed E-state index contributed by atoms with van der Waals surface area (Å²) < 4.78 is 0. The Morgan fingerprint density at radius 3 is 2.78 bits per heavy atom. The van der Waals surface area contributed by atoms with Crippen molar-refractivity contribution in [2.75, 3.05) is 31.6 Å². The molecule has 0 spiro atoms. The van der Waals surface area contributed by atoms with Crippen molar-refractivity contribution in [2.45, 2.75) is 18.8 Å². The van der Waals surface area contributed by atoms with Gasteiger partial charge >= 0.3 is 6.09 Å². The van der Waals surface area contributed by atoms with Gasteiger partial charge in [-0.2, -0.15) is 0 Å². The van der Waals surface area contributed by atoms with Gasteiger partial charge in [0.2, 0.25) is 0 Å². The second-order valence-electron chi connectivity index (χ2n) is 5.69. The molecule has 2 heterocycles. The van der Waals surface area contributed by atoms with E-state index in [2.05, 4.69) is 15.3 Å². The van der Waals surface area contributed by atoms with E-state index in [0.29, 0.717) is 19.6 Å². The smallest absolute Gasteiger partial charge is 0.407 e. The Kier molecular flexibility index (Phi) is 4.57. The Morgan fingerprint density at radius 2 is 2.09 bits per heavy atom. The highest BCUT2D eigenvalue weighted by molar-refractivity contribution is 5.84. The molecule has 0 atom stereocenters. The molecule has 0 bridgehead atoms. The predicted octanol–water partition coefficient (Wildman–Crippen LogP) is 1.89. The zero-order chi connectivity index (χ0) is 16.2. The minimum atomic E-state index is -0.851. The predicted molar refractivity (Wildman–Crippen MR) is 86.7 cm³/mol. The number of aliphatic hydroxyl groups is 1. The lowest BCUT2D eigenvalue weighted by Gasteiger charge is -2.30. The molecule has 7 heteroatoms. The number of carbonyl (C=O) groups is 1. The largest absolute Gasteiger partial charge is 0.465 e. The molecule has 1 fully saturated rings. The molecule has 1 aromatic carbocycles. The molecule has 0 saturated carbocycles. The lowest BCUT2D eigenvalue weighted by atomic mass is 9.91. The quantitative estimate of drug-likeness (QED) is 0.797. The lowest BCUT2D eigenvalue weighted by Crippen LogP contribution is -2.37. The highest BCUT2D eigenvalue weighted by Gasteiger charge is 2.25. The number of hydrogen-bond donors (Lipinski definition) is 3. The van der Waals surface area contributed by atoms with Crippen LogP contribution >= 0.6 is 0 Å². The van der Waals surface area contributed by atoms with Crippen LogP contribution in [0.25, 0.3) is 10.9 Å². The summed E-state index contributed by atoms with van der Waals surface area (Å²) in [5.74, 6) is 0.257. The van der Waals surface area contributed by atoms with E-state index in [1.807, 2.05) is 18.2 Å². The second-order valence-corrected chi connectivity index (χ2v) is 5.69. The van der Waals surface area contributed by atoms with Crippen LogP contribution in [0, 0.1) is 0 Å². The fourth-order valence-corrected chi connectivity index (χ4v) is 3.06. The van der Waals surface area contributed by atoms with Gasteiger partial charge in [0.25, 0.3) is 0 Å². The third-order valence-corrected chi connectivity index (χ3v) is 4.26. The van der Waals surface area contributed by atoms with E-state index in [0.717, 1.165) is 35.1 Å². The van der Waals surface area contributed by atoms with E-state index >= 15 is 0 Å². The summed E-state index contributed by atoms with van der Waals surface area (Å²) >= 11 is 0. The number of benzene rings is 1. The summed E-state index contributed by atoms with van der Waals surface area (Å²) in [5, 5.41) is 22.1. The van der Waals surface area contributed by atoms with E-state index in [-0.39, 0.29) is 12.5 Å². The van der Waals surface area contributed by atoms with Crippen molar-refractivity contribution in [3.8, 4) is 0 Å². The molecule has 0 radical (unpaired) electrons. The first-order valence-electron chi connectivity index (χ1n) is 7.76. The minimum absolute atomic E-state index is 0.0786. The number of anilines is 1. The monoisotopic (exact) mass is 316 g/mol. The fraction of sp³-hybridized carbons (Fsp3) is 0.438. The molecule has 0 unspecified atom stereocenters. The van der Waals surface area contributed by atoms with Crippen molar-refractivity contribution in [3.63, 3.8) is 0 Å². The van der Waals surface area contributed by atoms with Gasteiger partial charge in [0.05, 0.1) is 17.8 Å². The number of nitrogens with one attached hydrogen (secondary N) is 1. The second kappa shape index (κ2) is 6.78. The van der Waals surface area contributed by atoms with Crippen LogP contribution in [0.15, 0.2) is 24.5 Å². The molecule has 23 heavy (non-hydrogen) atoms. The Labute approximate surface area is 134 Å². The normalized spacial score (nSPS) is 15.8. The number of hydrogen-bond acceptors (Lipinski definition) is 5. The summed E-state index contributed by atoms with van der Waals surface area (Å²) in [4.78, 5) is 21.2. The van der Waals surface area contributed by atoms with Gasteiger partial charge in [0, 0.05) is 36.6 Å². The zero-order valence-corrected chi connectivity index (χ0v) is 12.8. The molecular weight excluding hydrogens is 296 g/mol. The van der Waals surface area contributed by atoms with Gasteiger partial charge in [-0.05, 0) is 31.0 Å². The Morgan fingerprint density at radius 1 is 1.30 bits per heavy atom. The maximum absolute atomic E-state index is 11.0. The van der Waals surface area contributed by atoms with Gasteiger partial charge in [-0.3, -0.25) is 0 Å². The van der Waals surface area contributed by atoms with Crippen LogP contribution in [0.1, 0.15) is 24.5 Å². The van der Waals surface area contributed by atoms with E-state index < -0.39 is 6.09 Å². The number of aromatic nitrogens is 2. The molecule has 1 aromatic heterocycles.